The topological polar surface area (TPSA) is 237 Å². The molecule has 0 aromatic rings. The first-order valence-corrected chi connectivity index (χ1v) is 42.8. The Morgan fingerprint density at radius 2 is 0.479 bits per heavy atom. The smallest absolute Gasteiger partial charge is 0.462 e. The monoisotopic (exact) mass is 1410 g/mol. The summed E-state index contributed by atoms with van der Waals surface area (Å²) < 4.78 is 68.6. The Balaban J connectivity index is 5.24. The van der Waals surface area contributed by atoms with Gasteiger partial charge < -0.3 is 33.8 Å². The number of aliphatic hydroxyl groups excluding tert-OH is 1. The molecule has 0 amide bonds. The quantitative estimate of drug-likeness (QED) is 0.0222. The molecular weight excluding hydrogens is 1260 g/mol. The molecule has 0 aromatic heterocycles. The predicted molar refractivity (Wildman–Crippen MR) is 391 cm³/mol. The second kappa shape index (κ2) is 67.5. The third kappa shape index (κ3) is 70.5. The van der Waals surface area contributed by atoms with Crippen LogP contribution in [0.5, 0.6) is 0 Å². The van der Waals surface area contributed by atoms with Crippen LogP contribution >= 0.6 is 15.6 Å². The second-order valence-corrected chi connectivity index (χ2v) is 32.1. The first-order chi connectivity index (χ1) is 46.2. The van der Waals surface area contributed by atoms with E-state index in [4.69, 9.17) is 37.0 Å². The number of carbonyl (C=O) groups excluding carboxylic acids is 4. The van der Waals surface area contributed by atoms with Gasteiger partial charge in [-0.2, -0.15) is 0 Å². The molecule has 17 nitrogen and oxygen atoms in total. The van der Waals surface area contributed by atoms with Crippen molar-refractivity contribution in [3.63, 3.8) is 0 Å². The van der Waals surface area contributed by atoms with Gasteiger partial charge in [-0.25, -0.2) is 9.13 Å². The zero-order valence-electron chi connectivity index (χ0n) is 62.8. The summed E-state index contributed by atoms with van der Waals surface area (Å²) in [5, 5.41) is 10.6. The number of hydrogen-bond acceptors (Lipinski definition) is 15. The molecular formula is C77H150O17P2. The van der Waals surface area contributed by atoms with E-state index >= 15 is 0 Å². The fraction of sp³-hybridized carbons (Fsp3) is 0.948. The van der Waals surface area contributed by atoms with Crippen LogP contribution in [-0.4, -0.2) is 96.7 Å². The number of ether oxygens (including phenoxy) is 4. The van der Waals surface area contributed by atoms with Gasteiger partial charge in [-0.1, -0.05) is 344 Å². The zero-order valence-corrected chi connectivity index (χ0v) is 64.6. The fourth-order valence-electron chi connectivity index (χ4n) is 11.8. The Bertz CT molecular complexity index is 1870. The van der Waals surface area contributed by atoms with Gasteiger partial charge in [0.2, 0.25) is 0 Å². The van der Waals surface area contributed by atoms with E-state index in [0.717, 1.165) is 108 Å². The maximum absolute atomic E-state index is 13.1. The van der Waals surface area contributed by atoms with Crippen molar-refractivity contribution in [1.82, 2.24) is 0 Å². The minimum absolute atomic E-state index is 0.105. The predicted octanol–water partition coefficient (Wildman–Crippen LogP) is 22.6. The lowest BCUT2D eigenvalue weighted by atomic mass is 10.0. The number of carbonyl (C=O) groups is 4. The number of aliphatic hydroxyl groups is 1. The molecule has 0 radical (unpaired) electrons. The fourth-order valence-corrected chi connectivity index (χ4v) is 13.4. The zero-order chi connectivity index (χ0) is 70.9. The van der Waals surface area contributed by atoms with Crippen molar-refractivity contribution in [3.8, 4) is 0 Å². The highest BCUT2D eigenvalue weighted by Crippen LogP contribution is 2.45. The van der Waals surface area contributed by atoms with Crippen LogP contribution in [0, 0.1) is 17.8 Å². The molecule has 0 bridgehead atoms. The summed E-state index contributed by atoms with van der Waals surface area (Å²) in [4.78, 5) is 72.8. The van der Waals surface area contributed by atoms with Gasteiger partial charge in [0.05, 0.1) is 26.4 Å². The molecule has 19 heteroatoms. The van der Waals surface area contributed by atoms with E-state index in [1.807, 2.05) is 0 Å². The van der Waals surface area contributed by atoms with Crippen LogP contribution in [0.25, 0.3) is 0 Å². The number of unbranched alkanes of at least 4 members (excludes halogenated alkanes) is 43. The molecule has 3 N–H and O–H groups in total. The van der Waals surface area contributed by atoms with Crippen molar-refractivity contribution in [3.05, 3.63) is 0 Å². The molecule has 570 valence electrons. The molecule has 0 rings (SSSR count). The number of esters is 4. The van der Waals surface area contributed by atoms with Gasteiger partial charge in [-0.15, -0.1) is 0 Å². The normalized spacial score (nSPS) is 14.1. The number of rotatable bonds is 75. The molecule has 0 aliphatic rings. The van der Waals surface area contributed by atoms with E-state index in [0.29, 0.717) is 25.7 Å². The molecule has 0 aromatic carbocycles. The van der Waals surface area contributed by atoms with Crippen LogP contribution in [-0.2, 0) is 65.4 Å². The summed E-state index contributed by atoms with van der Waals surface area (Å²) in [5.41, 5.74) is 0. The maximum atomic E-state index is 13.1. The summed E-state index contributed by atoms with van der Waals surface area (Å²) in [6.45, 7) is 11.9. The van der Waals surface area contributed by atoms with Crippen molar-refractivity contribution in [2.75, 3.05) is 39.6 Å². The highest BCUT2D eigenvalue weighted by molar-refractivity contribution is 7.47. The summed E-state index contributed by atoms with van der Waals surface area (Å²) >= 11 is 0. The van der Waals surface area contributed by atoms with E-state index in [-0.39, 0.29) is 25.7 Å². The Morgan fingerprint density at radius 3 is 0.708 bits per heavy atom. The van der Waals surface area contributed by atoms with Crippen LogP contribution in [0.2, 0.25) is 0 Å². The second-order valence-electron chi connectivity index (χ2n) is 29.2. The molecule has 0 heterocycles. The molecule has 2 unspecified atom stereocenters. The maximum Gasteiger partial charge on any atom is 0.472 e. The Labute approximate surface area is 588 Å². The first kappa shape index (κ1) is 94.1. The average molecular weight is 1410 g/mol. The standard InChI is InChI=1S/C77H150O17P2/c1-8-9-10-11-12-13-14-15-21-24-29-37-44-51-58-74(79)87-64-72(93-76(81)60-53-46-39-30-25-22-19-17-16-18-20-23-27-34-41-48-55-68(2)3)66-91-95(83,84)89-62-71(78)63-90-96(85,86)92-67-73(65-88-75(80)59-52-45-38-33-32-36-43-50-57-70(6)7)94-77(82)61-54-47-40-31-26-28-35-42-49-56-69(4)5/h68-73,78H,8-67H2,1-7H3,(H,83,84)(H,85,86)/t71-,72-,73-/m1/s1. The van der Waals surface area contributed by atoms with Gasteiger partial charge in [0.1, 0.15) is 19.3 Å². The molecule has 0 fully saturated rings. The van der Waals surface area contributed by atoms with E-state index in [1.165, 1.54) is 205 Å². The van der Waals surface area contributed by atoms with Crippen molar-refractivity contribution < 1.29 is 80.2 Å². The Hall–Kier alpha value is -1.94. The van der Waals surface area contributed by atoms with Crippen molar-refractivity contribution in [1.29, 1.82) is 0 Å². The SMILES string of the molecule is CCCCCCCCCCCCCCCCC(=O)OC[C@H](COP(=O)(O)OC[C@@H](O)COP(=O)(O)OC[C@@H](COC(=O)CCCCCCCCCCC(C)C)OC(=O)CCCCCCCCCCCC(C)C)OC(=O)CCCCCCCCCCCCCCCCCCC(C)C. The van der Waals surface area contributed by atoms with E-state index < -0.39 is 97.5 Å². The lowest BCUT2D eigenvalue weighted by Crippen LogP contribution is -2.30. The van der Waals surface area contributed by atoms with E-state index in [1.54, 1.807) is 0 Å². The Kier molecular flexibility index (Phi) is 66.2. The first-order valence-electron chi connectivity index (χ1n) is 39.8. The van der Waals surface area contributed by atoms with E-state index in [9.17, 15) is 43.2 Å². The molecule has 0 spiro atoms. The minimum atomic E-state index is -4.96. The van der Waals surface area contributed by atoms with Crippen molar-refractivity contribution >= 4 is 39.5 Å². The third-order valence-electron chi connectivity index (χ3n) is 17.9. The summed E-state index contributed by atoms with van der Waals surface area (Å²) in [6, 6.07) is 0. The summed E-state index contributed by atoms with van der Waals surface area (Å²) in [6.07, 6.45) is 54.1. The Morgan fingerprint density at radius 1 is 0.281 bits per heavy atom. The van der Waals surface area contributed by atoms with Gasteiger partial charge in [0.25, 0.3) is 0 Å². The van der Waals surface area contributed by atoms with Gasteiger partial charge in [-0.05, 0) is 43.4 Å². The van der Waals surface area contributed by atoms with Gasteiger partial charge >= 0.3 is 39.5 Å². The van der Waals surface area contributed by atoms with Crippen LogP contribution in [0.4, 0.5) is 0 Å². The minimum Gasteiger partial charge on any atom is -0.462 e. The van der Waals surface area contributed by atoms with Crippen LogP contribution in [0.1, 0.15) is 395 Å². The lowest BCUT2D eigenvalue weighted by Gasteiger charge is -2.21. The highest BCUT2D eigenvalue weighted by atomic mass is 31.2. The van der Waals surface area contributed by atoms with Crippen LogP contribution in [0.15, 0.2) is 0 Å². The molecule has 0 saturated heterocycles. The molecule has 96 heavy (non-hydrogen) atoms. The highest BCUT2D eigenvalue weighted by Gasteiger charge is 2.30. The molecule has 0 aliphatic heterocycles. The summed E-state index contributed by atoms with van der Waals surface area (Å²) in [7, 11) is -9.91. The largest absolute Gasteiger partial charge is 0.472 e. The third-order valence-corrected chi connectivity index (χ3v) is 19.8. The molecule has 0 aliphatic carbocycles. The number of phosphoric acid groups is 2. The molecule has 0 saturated carbocycles. The summed E-state index contributed by atoms with van der Waals surface area (Å²) in [5.74, 6) is 0.155. The molecule has 5 atom stereocenters. The van der Waals surface area contributed by atoms with Crippen LogP contribution < -0.4 is 0 Å². The van der Waals surface area contributed by atoms with Crippen molar-refractivity contribution in [2.24, 2.45) is 17.8 Å². The average Bonchev–Trinajstić information content (AvgIpc) is 2.91. The van der Waals surface area contributed by atoms with Crippen molar-refractivity contribution in [2.45, 2.75) is 414 Å². The number of phosphoric ester groups is 2. The van der Waals surface area contributed by atoms with Crippen LogP contribution in [0.3, 0.4) is 0 Å². The van der Waals surface area contributed by atoms with Gasteiger partial charge in [-0.3, -0.25) is 37.3 Å². The number of hydrogen-bond donors (Lipinski definition) is 3. The lowest BCUT2D eigenvalue weighted by molar-refractivity contribution is -0.161. The van der Waals surface area contributed by atoms with Gasteiger partial charge in [0.15, 0.2) is 12.2 Å². The van der Waals surface area contributed by atoms with E-state index in [2.05, 4.69) is 48.5 Å². The van der Waals surface area contributed by atoms with Gasteiger partial charge in [0, 0.05) is 25.7 Å².